The molecule has 1 aromatic carbocycles. The third-order valence-electron chi connectivity index (χ3n) is 3.18. The number of anilines is 1. The van der Waals surface area contributed by atoms with Gasteiger partial charge in [0, 0.05) is 19.2 Å². The molecule has 0 aliphatic carbocycles. The van der Waals surface area contributed by atoms with Gasteiger partial charge in [0.25, 0.3) is 0 Å². The first-order valence-corrected chi connectivity index (χ1v) is 6.78. The zero-order valence-corrected chi connectivity index (χ0v) is 12.2. The molecule has 0 radical (unpaired) electrons. The second kappa shape index (κ2) is 5.36. The van der Waals surface area contributed by atoms with Crippen molar-refractivity contribution in [2.24, 2.45) is 0 Å². The number of aromatic nitrogens is 4. The zero-order chi connectivity index (χ0) is 14.8. The van der Waals surface area contributed by atoms with Gasteiger partial charge < -0.3 is 4.90 Å². The molecule has 0 unspecified atom stereocenters. The molecule has 2 aromatic heterocycles. The summed E-state index contributed by atoms with van der Waals surface area (Å²) in [6.45, 7) is 6.71. The van der Waals surface area contributed by atoms with Crippen LogP contribution in [0.3, 0.4) is 0 Å². The minimum atomic E-state index is 0.737. The van der Waals surface area contributed by atoms with Crippen LogP contribution < -0.4 is 4.90 Å². The van der Waals surface area contributed by atoms with Crippen molar-refractivity contribution in [2.45, 2.75) is 6.92 Å². The highest BCUT2D eigenvalue weighted by atomic mass is 15.4. The number of hydrogen-bond donors (Lipinski definition) is 0. The minimum absolute atomic E-state index is 0.737. The second-order valence-electron chi connectivity index (χ2n) is 5.16. The lowest BCUT2D eigenvalue weighted by Crippen LogP contribution is -2.21. The molecule has 0 fully saturated rings. The topological polar surface area (TPSA) is 46.3 Å². The van der Waals surface area contributed by atoms with Crippen LogP contribution >= 0.6 is 0 Å². The van der Waals surface area contributed by atoms with Crippen molar-refractivity contribution in [2.75, 3.05) is 18.5 Å². The predicted molar refractivity (Wildman–Crippen MR) is 84.3 cm³/mol. The standard InChI is InChI=1S/C16H17N5/c1-12(2)11-20(3)15-10-9-14-17-18-16(21(14)19-15)13-7-5-4-6-8-13/h4-10H,1,11H2,2-3H3. The van der Waals surface area contributed by atoms with Crippen molar-refractivity contribution in [1.82, 2.24) is 19.8 Å². The first-order chi connectivity index (χ1) is 10.1. The van der Waals surface area contributed by atoms with Crippen LogP contribution in [0.1, 0.15) is 6.92 Å². The molecule has 106 valence electrons. The van der Waals surface area contributed by atoms with E-state index in [0.29, 0.717) is 0 Å². The van der Waals surface area contributed by atoms with Crippen molar-refractivity contribution >= 4 is 11.5 Å². The Hall–Kier alpha value is -2.69. The van der Waals surface area contributed by atoms with Gasteiger partial charge in [-0.05, 0) is 19.1 Å². The maximum absolute atomic E-state index is 4.64. The molecule has 0 aliphatic heterocycles. The summed E-state index contributed by atoms with van der Waals surface area (Å²) in [4.78, 5) is 2.05. The van der Waals surface area contributed by atoms with Crippen LogP contribution in [0, 0.1) is 0 Å². The van der Waals surface area contributed by atoms with E-state index in [4.69, 9.17) is 0 Å². The average Bonchev–Trinajstić information content (AvgIpc) is 2.90. The van der Waals surface area contributed by atoms with Crippen LogP contribution in [0.15, 0.2) is 54.6 Å². The predicted octanol–water partition coefficient (Wildman–Crippen LogP) is 2.80. The molecule has 0 saturated heterocycles. The maximum Gasteiger partial charge on any atom is 0.185 e. The molecule has 0 N–H and O–H groups in total. The number of hydrogen-bond acceptors (Lipinski definition) is 4. The Morgan fingerprint density at radius 3 is 2.62 bits per heavy atom. The van der Waals surface area contributed by atoms with Crippen molar-refractivity contribution in [3.8, 4) is 11.4 Å². The van der Waals surface area contributed by atoms with Gasteiger partial charge in [-0.3, -0.25) is 0 Å². The van der Waals surface area contributed by atoms with E-state index in [-0.39, 0.29) is 0 Å². The highest BCUT2D eigenvalue weighted by molar-refractivity contribution is 5.59. The largest absolute Gasteiger partial charge is 0.354 e. The Bertz CT molecular complexity index is 776. The molecular weight excluding hydrogens is 262 g/mol. The number of nitrogens with zero attached hydrogens (tertiary/aromatic N) is 5. The zero-order valence-electron chi connectivity index (χ0n) is 12.2. The van der Waals surface area contributed by atoms with Gasteiger partial charge in [-0.1, -0.05) is 42.5 Å². The molecule has 5 nitrogen and oxygen atoms in total. The summed E-state index contributed by atoms with van der Waals surface area (Å²) < 4.78 is 1.78. The molecule has 0 atom stereocenters. The average molecular weight is 279 g/mol. The van der Waals surface area contributed by atoms with E-state index >= 15 is 0 Å². The highest BCUT2D eigenvalue weighted by Gasteiger charge is 2.11. The van der Waals surface area contributed by atoms with Crippen molar-refractivity contribution < 1.29 is 0 Å². The summed E-state index contributed by atoms with van der Waals surface area (Å²) in [6, 6.07) is 13.8. The van der Waals surface area contributed by atoms with Crippen LogP contribution in [-0.4, -0.2) is 33.4 Å². The first-order valence-electron chi connectivity index (χ1n) is 6.78. The number of benzene rings is 1. The molecular formula is C16H17N5. The van der Waals surface area contributed by atoms with Crippen LogP contribution in [0.2, 0.25) is 0 Å². The Morgan fingerprint density at radius 2 is 1.90 bits per heavy atom. The van der Waals surface area contributed by atoms with E-state index < -0.39 is 0 Å². The summed E-state index contributed by atoms with van der Waals surface area (Å²) in [5, 5.41) is 13.1. The number of likely N-dealkylation sites (N-methyl/N-ethyl adjacent to an activating group) is 1. The fourth-order valence-electron chi connectivity index (χ4n) is 2.24. The number of rotatable bonds is 4. The fraction of sp³-hybridized carbons (Fsp3) is 0.188. The summed E-state index contributed by atoms with van der Waals surface area (Å²) in [7, 11) is 2.00. The number of fused-ring (bicyclic) bond motifs is 1. The van der Waals surface area contributed by atoms with Gasteiger partial charge in [0.05, 0.1) is 0 Å². The van der Waals surface area contributed by atoms with Gasteiger partial charge >= 0.3 is 0 Å². The second-order valence-corrected chi connectivity index (χ2v) is 5.16. The smallest absolute Gasteiger partial charge is 0.185 e. The monoisotopic (exact) mass is 279 g/mol. The summed E-state index contributed by atoms with van der Waals surface area (Å²) >= 11 is 0. The fourth-order valence-corrected chi connectivity index (χ4v) is 2.24. The third-order valence-corrected chi connectivity index (χ3v) is 3.18. The Kier molecular flexibility index (Phi) is 3.39. The Morgan fingerprint density at radius 1 is 1.14 bits per heavy atom. The Labute approximate surface area is 123 Å². The lowest BCUT2D eigenvalue weighted by molar-refractivity contribution is 0.871. The first kappa shape index (κ1) is 13.3. The van der Waals surface area contributed by atoms with E-state index in [2.05, 4.69) is 26.8 Å². The van der Waals surface area contributed by atoms with Crippen LogP contribution in [0.5, 0.6) is 0 Å². The lowest BCUT2D eigenvalue weighted by Gasteiger charge is -2.17. The molecule has 3 aromatic rings. The summed E-state index contributed by atoms with van der Waals surface area (Å²) in [5.74, 6) is 1.61. The van der Waals surface area contributed by atoms with E-state index in [9.17, 15) is 0 Å². The third kappa shape index (κ3) is 2.63. The molecule has 0 bridgehead atoms. The molecule has 3 rings (SSSR count). The maximum atomic E-state index is 4.64. The normalized spacial score (nSPS) is 10.8. The molecule has 2 heterocycles. The van der Waals surface area contributed by atoms with Crippen molar-refractivity contribution in [1.29, 1.82) is 0 Å². The van der Waals surface area contributed by atoms with E-state index in [1.54, 1.807) is 4.52 Å². The van der Waals surface area contributed by atoms with E-state index in [1.807, 2.05) is 56.4 Å². The quantitative estimate of drug-likeness (QED) is 0.689. The molecule has 0 spiro atoms. The lowest BCUT2D eigenvalue weighted by atomic mass is 10.2. The van der Waals surface area contributed by atoms with Crippen LogP contribution in [-0.2, 0) is 0 Å². The van der Waals surface area contributed by atoms with Gasteiger partial charge in [0.2, 0.25) is 0 Å². The molecule has 0 amide bonds. The minimum Gasteiger partial charge on any atom is -0.354 e. The molecule has 0 aliphatic rings. The Balaban J connectivity index is 2.06. The van der Waals surface area contributed by atoms with Gasteiger partial charge in [-0.2, -0.15) is 4.52 Å². The van der Waals surface area contributed by atoms with Crippen molar-refractivity contribution in [3.63, 3.8) is 0 Å². The molecule has 5 heteroatoms. The van der Waals surface area contributed by atoms with Gasteiger partial charge in [-0.15, -0.1) is 15.3 Å². The SMILES string of the molecule is C=C(C)CN(C)c1ccc2nnc(-c3ccccc3)n2n1. The van der Waals surface area contributed by atoms with E-state index in [1.165, 1.54) is 0 Å². The molecule has 0 saturated carbocycles. The van der Waals surface area contributed by atoms with Gasteiger partial charge in [-0.25, -0.2) is 0 Å². The summed E-state index contributed by atoms with van der Waals surface area (Å²) in [6.07, 6.45) is 0. The van der Waals surface area contributed by atoms with Crippen LogP contribution in [0.4, 0.5) is 5.82 Å². The van der Waals surface area contributed by atoms with Crippen molar-refractivity contribution in [3.05, 3.63) is 54.6 Å². The van der Waals surface area contributed by atoms with Gasteiger partial charge in [0.1, 0.15) is 5.82 Å². The molecule has 21 heavy (non-hydrogen) atoms. The van der Waals surface area contributed by atoms with Gasteiger partial charge in [0.15, 0.2) is 11.5 Å². The highest BCUT2D eigenvalue weighted by Crippen LogP contribution is 2.19. The summed E-state index contributed by atoms with van der Waals surface area (Å²) in [5.41, 5.74) is 2.82. The van der Waals surface area contributed by atoms with Crippen LogP contribution in [0.25, 0.3) is 17.0 Å². The van der Waals surface area contributed by atoms with E-state index in [0.717, 1.165) is 35.0 Å².